The number of hydrogen-bond donors (Lipinski definition) is 2. The lowest BCUT2D eigenvalue weighted by atomic mass is 10.1. The van der Waals surface area contributed by atoms with Gasteiger partial charge in [0.05, 0.1) is 0 Å². The number of aliphatic hydroxyl groups is 1. The van der Waals surface area contributed by atoms with Crippen LogP contribution in [0.2, 0.25) is 0 Å². The molecule has 0 saturated heterocycles. The molecule has 1 aromatic rings. The molecule has 0 amide bonds. The Kier molecular flexibility index (Phi) is 8.00. The summed E-state index contributed by atoms with van der Waals surface area (Å²) in [6.07, 6.45) is -0.476. The molecule has 0 spiro atoms. The Morgan fingerprint density at radius 2 is 1.78 bits per heavy atom. The van der Waals surface area contributed by atoms with Gasteiger partial charge in [-0.05, 0) is 25.0 Å². The number of nitrogens with one attached hydrogen (secondary N) is 1. The van der Waals surface area contributed by atoms with Crippen LogP contribution in [0.4, 0.5) is 0 Å². The topological polar surface area (TPSA) is 41.5 Å². The monoisotopic (exact) mass is 273 g/mol. The van der Waals surface area contributed by atoms with Crippen LogP contribution in [0.5, 0.6) is 5.75 Å². The van der Waals surface area contributed by atoms with E-state index >= 15 is 0 Å². The molecule has 0 radical (unpaired) electrons. The van der Waals surface area contributed by atoms with E-state index in [1.165, 1.54) is 0 Å². The van der Waals surface area contributed by atoms with E-state index in [9.17, 15) is 5.11 Å². The van der Waals surface area contributed by atoms with Crippen molar-refractivity contribution in [2.75, 3.05) is 13.2 Å². The van der Waals surface area contributed by atoms with Crippen molar-refractivity contribution in [2.45, 2.75) is 39.8 Å². The lowest BCUT2D eigenvalue weighted by Gasteiger charge is -2.17. The lowest BCUT2D eigenvalue weighted by molar-refractivity contribution is 0.104. The van der Waals surface area contributed by atoms with E-state index in [-0.39, 0.29) is 12.4 Å². The summed E-state index contributed by atoms with van der Waals surface area (Å²) in [5, 5.41) is 12.9. The second kappa shape index (κ2) is 8.35. The van der Waals surface area contributed by atoms with E-state index in [1.807, 2.05) is 32.0 Å². The third kappa shape index (κ3) is 5.71. The van der Waals surface area contributed by atoms with E-state index in [1.54, 1.807) is 0 Å². The predicted molar refractivity (Wildman–Crippen MR) is 77.8 cm³/mol. The maximum atomic E-state index is 9.75. The van der Waals surface area contributed by atoms with Crippen LogP contribution < -0.4 is 10.1 Å². The summed E-state index contributed by atoms with van der Waals surface area (Å²) in [6, 6.07) is 6.42. The number of aliphatic hydroxyl groups excluding tert-OH is 1. The molecule has 104 valence electrons. The van der Waals surface area contributed by atoms with Gasteiger partial charge < -0.3 is 15.2 Å². The van der Waals surface area contributed by atoms with E-state index in [0.717, 1.165) is 16.9 Å². The molecule has 4 heteroatoms. The number of hydrogen-bond acceptors (Lipinski definition) is 3. The number of ether oxygens (including phenoxy) is 1. The molecule has 1 atom stereocenters. The minimum atomic E-state index is -0.476. The molecule has 1 aromatic carbocycles. The maximum absolute atomic E-state index is 9.75. The molecule has 18 heavy (non-hydrogen) atoms. The van der Waals surface area contributed by atoms with Gasteiger partial charge in [-0.3, -0.25) is 0 Å². The summed E-state index contributed by atoms with van der Waals surface area (Å²) in [6.45, 7) is 9.02. The minimum absolute atomic E-state index is 0. The SMILES string of the molecule is Cc1cccc(C)c1OCC(O)CNC(C)C.Cl. The average molecular weight is 274 g/mol. The zero-order chi connectivity index (χ0) is 12.8. The van der Waals surface area contributed by atoms with E-state index in [0.29, 0.717) is 19.2 Å². The van der Waals surface area contributed by atoms with Crippen molar-refractivity contribution in [1.82, 2.24) is 5.32 Å². The first kappa shape index (κ1) is 17.2. The van der Waals surface area contributed by atoms with Crippen LogP contribution in [-0.4, -0.2) is 30.4 Å². The van der Waals surface area contributed by atoms with E-state index < -0.39 is 6.10 Å². The van der Waals surface area contributed by atoms with Crippen LogP contribution in [-0.2, 0) is 0 Å². The smallest absolute Gasteiger partial charge is 0.125 e. The zero-order valence-electron chi connectivity index (χ0n) is 11.6. The van der Waals surface area contributed by atoms with Crippen molar-refractivity contribution in [3.8, 4) is 5.75 Å². The third-order valence-corrected chi connectivity index (χ3v) is 2.59. The average Bonchev–Trinajstić information content (AvgIpc) is 2.25. The van der Waals surface area contributed by atoms with Crippen molar-refractivity contribution in [2.24, 2.45) is 0 Å². The summed E-state index contributed by atoms with van der Waals surface area (Å²) < 4.78 is 5.67. The second-order valence-electron chi connectivity index (χ2n) is 4.75. The fourth-order valence-electron chi connectivity index (χ4n) is 1.64. The summed E-state index contributed by atoms with van der Waals surface area (Å²) in [5.41, 5.74) is 2.21. The van der Waals surface area contributed by atoms with Crippen molar-refractivity contribution in [3.63, 3.8) is 0 Å². The molecule has 0 saturated carbocycles. The summed E-state index contributed by atoms with van der Waals surface area (Å²) in [5.74, 6) is 0.885. The van der Waals surface area contributed by atoms with Crippen LogP contribution in [0, 0.1) is 13.8 Å². The van der Waals surface area contributed by atoms with Crippen molar-refractivity contribution >= 4 is 12.4 Å². The fraction of sp³-hybridized carbons (Fsp3) is 0.571. The maximum Gasteiger partial charge on any atom is 0.125 e. The van der Waals surface area contributed by atoms with Crippen LogP contribution in [0.25, 0.3) is 0 Å². The normalized spacial score (nSPS) is 12.1. The van der Waals surface area contributed by atoms with Crippen LogP contribution in [0.15, 0.2) is 18.2 Å². The molecule has 0 fully saturated rings. The predicted octanol–water partition coefficient (Wildman–Crippen LogP) is 2.46. The quantitative estimate of drug-likeness (QED) is 0.837. The molecule has 1 rings (SSSR count). The number of aryl methyl sites for hydroxylation is 2. The molecule has 0 aliphatic rings. The van der Waals surface area contributed by atoms with Gasteiger partial charge in [0.15, 0.2) is 0 Å². The van der Waals surface area contributed by atoms with Gasteiger partial charge in [-0.2, -0.15) is 0 Å². The first-order chi connectivity index (χ1) is 8.00. The Hall–Kier alpha value is -0.770. The Morgan fingerprint density at radius 3 is 2.28 bits per heavy atom. The number of para-hydroxylation sites is 1. The van der Waals surface area contributed by atoms with Crippen molar-refractivity contribution in [1.29, 1.82) is 0 Å². The largest absolute Gasteiger partial charge is 0.490 e. The van der Waals surface area contributed by atoms with Gasteiger partial charge in [-0.1, -0.05) is 32.0 Å². The minimum Gasteiger partial charge on any atom is -0.490 e. The molecule has 0 bridgehead atoms. The first-order valence-corrected chi connectivity index (χ1v) is 6.11. The van der Waals surface area contributed by atoms with E-state index in [4.69, 9.17) is 4.74 Å². The van der Waals surface area contributed by atoms with Gasteiger partial charge >= 0.3 is 0 Å². The van der Waals surface area contributed by atoms with Crippen molar-refractivity contribution < 1.29 is 9.84 Å². The molecule has 0 aromatic heterocycles. The zero-order valence-corrected chi connectivity index (χ0v) is 12.4. The molecular formula is C14H24ClNO2. The third-order valence-electron chi connectivity index (χ3n) is 2.59. The molecule has 3 nitrogen and oxygen atoms in total. The van der Waals surface area contributed by atoms with Crippen LogP contribution in [0.3, 0.4) is 0 Å². The first-order valence-electron chi connectivity index (χ1n) is 6.11. The van der Waals surface area contributed by atoms with Crippen molar-refractivity contribution in [3.05, 3.63) is 29.3 Å². The number of rotatable bonds is 6. The molecule has 0 heterocycles. The van der Waals surface area contributed by atoms with Crippen LogP contribution in [0.1, 0.15) is 25.0 Å². The highest BCUT2D eigenvalue weighted by Gasteiger charge is 2.08. The summed E-state index contributed by atoms with van der Waals surface area (Å²) in [7, 11) is 0. The fourth-order valence-corrected chi connectivity index (χ4v) is 1.64. The Bertz CT molecular complexity index is 335. The Morgan fingerprint density at radius 1 is 1.22 bits per heavy atom. The van der Waals surface area contributed by atoms with Gasteiger partial charge in [-0.15, -0.1) is 12.4 Å². The standard InChI is InChI=1S/C14H23NO2.ClH/c1-10(2)15-8-13(16)9-17-14-11(3)6-5-7-12(14)4;/h5-7,10,13,15-16H,8-9H2,1-4H3;1H. The van der Waals surface area contributed by atoms with Gasteiger partial charge in [-0.25, -0.2) is 0 Å². The molecule has 1 unspecified atom stereocenters. The van der Waals surface area contributed by atoms with Crippen LogP contribution >= 0.6 is 12.4 Å². The highest BCUT2D eigenvalue weighted by atomic mass is 35.5. The highest BCUT2D eigenvalue weighted by molar-refractivity contribution is 5.85. The lowest BCUT2D eigenvalue weighted by Crippen LogP contribution is -2.35. The van der Waals surface area contributed by atoms with E-state index in [2.05, 4.69) is 19.2 Å². The molecule has 0 aliphatic carbocycles. The van der Waals surface area contributed by atoms with Gasteiger partial charge in [0, 0.05) is 12.6 Å². The molecule has 0 aliphatic heterocycles. The summed E-state index contributed by atoms with van der Waals surface area (Å²) >= 11 is 0. The van der Waals surface area contributed by atoms with Gasteiger partial charge in [0.1, 0.15) is 18.5 Å². The number of benzene rings is 1. The molecular weight excluding hydrogens is 250 g/mol. The number of halogens is 1. The van der Waals surface area contributed by atoms with Gasteiger partial charge in [0.25, 0.3) is 0 Å². The summed E-state index contributed by atoms with van der Waals surface area (Å²) in [4.78, 5) is 0. The van der Waals surface area contributed by atoms with Gasteiger partial charge in [0.2, 0.25) is 0 Å². The highest BCUT2D eigenvalue weighted by Crippen LogP contribution is 2.22. The Balaban J connectivity index is 0.00000289. The Labute approximate surface area is 116 Å². The molecule has 2 N–H and O–H groups in total. The second-order valence-corrected chi connectivity index (χ2v) is 4.75.